The van der Waals surface area contributed by atoms with E-state index >= 15 is 0 Å². The Kier molecular flexibility index (Phi) is 5.50. The van der Waals surface area contributed by atoms with Crippen LogP contribution in [0.2, 0.25) is 0 Å². The summed E-state index contributed by atoms with van der Waals surface area (Å²) in [6, 6.07) is 20.5. The second kappa shape index (κ2) is 7.36. The van der Waals surface area contributed by atoms with Crippen LogP contribution >= 0.6 is 0 Å². The van der Waals surface area contributed by atoms with E-state index in [1.165, 1.54) is 11.1 Å². The van der Waals surface area contributed by atoms with E-state index in [-0.39, 0.29) is 6.04 Å². The molecule has 0 bridgehead atoms. The fourth-order valence-corrected chi connectivity index (χ4v) is 2.68. The summed E-state index contributed by atoms with van der Waals surface area (Å²) in [5.41, 5.74) is 2.39. The molecular weight excluding hydrogens is 284 g/mol. The van der Waals surface area contributed by atoms with Crippen molar-refractivity contribution in [2.24, 2.45) is 0 Å². The number of benzene rings is 2. The minimum absolute atomic E-state index is 0.155. The maximum absolute atomic E-state index is 11.0. The van der Waals surface area contributed by atoms with Crippen molar-refractivity contribution in [2.45, 2.75) is 6.04 Å². The van der Waals surface area contributed by atoms with Gasteiger partial charge in [0.05, 0.1) is 16.6 Å². The summed E-state index contributed by atoms with van der Waals surface area (Å²) in [7, 11) is -3.25. The van der Waals surface area contributed by atoms with Gasteiger partial charge in [-0.05, 0) is 0 Å². The maximum Gasteiger partial charge on any atom is 0.137 e. The van der Waals surface area contributed by atoms with Gasteiger partial charge in [-0.25, -0.2) is 8.42 Å². The Morgan fingerprint density at radius 3 is 1.86 bits per heavy atom. The molecule has 0 aliphatic rings. The number of sulfonamides is 1. The molecule has 0 amide bonds. The van der Waals surface area contributed by atoms with Crippen molar-refractivity contribution in [3.8, 4) is 0 Å². The molecule has 0 saturated carbocycles. The first-order chi connectivity index (χ1) is 10.1. The lowest BCUT2D eigenvalue weighted by atomic mass is 9.99. The van der Waals surface area contributed by atoms with Crippen LogP contribution in [0.4, 0.5) is 0 Å². The molecule has 2 aromatic rings. The number of rotatable bonds is 7. The molecule has 112 valence electrons. The van der Waals surface area contributed by atoms with Gasteiger partial charge in [0.1, 0.15) is 6.04 Å². The molecule has 0 saturated heterocycles. The molecule has 5 heteroatoms. The van der Waals surface area contributed by atoms with Crippen molar-refractivity contribution in [1.82, 2.24) is 0 Å². The van der Waals surface area contributed by atoms with Gasteiger partial charge < -0.3 is 10.0 Å². The van der Waals surface area contributed by atoms with Crippen LogP contribution in [-0.2, 0) is 10.0 Å². The SMILES string of the molecule is CS(=O)(=O)[N-]CC[NH2+]C(c1ccccc1)c1ccccc1. The predicted octanol–water partition coefficient (Wildman–Crippen LogP) is 1.67. The third-order valence-corrected chi connectivity index (χ3v) is 3.83. The second-order valence-electron chi connectivity index (χ2n) is 4.91. The Morgan fingerprint density at radius 1 is 0.952 bits per heavy atom. The third kappa shape index (κ3) is 5.30. The van der Waals surface area contributed by atoms with E-state index in [2.05, 4.69) is 34.3 Å². The average Bonchev–Trinajstić information content (AvgIpc) is 2.48. The maximum atomic E-state index is 11.0. The Bertz CT molecular complexity index is 603. The first-order valence-corrected chi connectivity index (χ1v) is 8.73. The quantitative estimate of drug-likeness (QED) is 0.791. The highest BCUT2D eigenvalue weighted by Crippen LogP contribution is 2.17. The molecule has 0 heterocycles. The van der Waals surface area contributed by atoms with Crippen LogP contribution in [0.3, 0.4) is 0 Å². The van der Waals surface area contributed by atoms with Gasteiger partial charge in [-0.2, -0.15) is 0 Å². The molecule has 0 aliphatic heterocycles. The average molecular weight is 304 g/mol. The Labute approximate surface area is 126 Å². The van der Waals surface area contributed by atoms with Crippen molar-refractivity contribution in [1.29, 1.82) is 0 Å². The molecule has 21 heavy (non-hydrogen) atoms. The first-order valence-electron chi connectivity index (χ1n) is 6.88. The van der Waals surface area contributed by atoms with Crippen molar-refractivity contribution >= 4 is 10.0 Å². The zero-order valence-electron chi connectivity index (χ0n) is 12.0. The summed E-state index contributed by atoms with van der Waals surface area (Å²) < 4.78 is 25.7. The summed E-state index contributed by atoms with van der Waals surface area (Å²) in [4.78, 5) is 0. The molecule has 0 unspecified atom stereocenters. The number of hydrogen-bond acceptors (Lipinski definition) is 2. The molecular formula is C16H20N2O2S. The highest BCUT2D eigenvalue weighted by Gasteiger charge is 2.15. The van der Waals surface area contributed by atoms with E-state index in [1.807, 2.05) is 36.4 Å². The highest BCUT2D eigenvalue weighted by molar-refractivity contribution is 7.93. The highest BCUT2D eigenvalue weighted by atomic mass is 32.2. The summed E-state index contributed by atoms with van der Waals surface area (Å²) in [5.74, 6) is 0. The standard InChI is InChI=1S/C16H19N2O2S/c1-21(19,20)18-13-12-17-16(14-8-4-2-5-9-14)15-10-6-3-7-11-15/h2-11,16-17H,12-13H2,1H3/q-1/p+1. The summed E-state index contributed by atoms with van der Waals surface area (Å²) >= 11 is 0. The normalized spacial score (nSPS) is 11.7. The zero-order chi connectivity index (χ0) is 15.1. The largest absolute Gasteiger partial charge is 0.545 e. The molecule has 0 fully saturated rings. The van der Waals surface area contributed by atoms with Gasteiger partial charge in [-0.1, -0.05) is 67.2 Å². The number of quaternary nitrogens is 1. The zero-order valence-corrected chi connectivity index (χ0v) is 12.8. The van der Waals surface area contributed by atoms with Crippen LogP contribution in [0.25, 0.3) is 4.72 Å². The van der Waals surface area contributed by atoms with E-state index in [4.69, 9.17) is 0 Å². The van der Waals surface area contributed by atoms with Crippen LogP contribution in [-0.4, -0.2) is 27.8 Å². The lowest BCUT2D eigenvalue weighted by Gasteiger charge is -2.20. The van der Waals surface area contributed by atoms with Crippen molar-refractivity contribution in [2.75, 3.05) is 19.3 Å². The molecule has 0 aromatic heterocycles. The van der Waals surface area contributed by atoms with E-state index in [0.717, 1.165) is 6.26 Å². The van der Waals surface area contributed by atoms with E-state index in [0.29, 0.717) is 13.1 Å². The minimum atomic E-state index is -3.25. The van der Waals surface area contributed by atoms with Gasteiger partial charge in [0.2, 0.25) is 0 Å². The molecule has 0 radical (unpaired) electrons. The smallest absolute Gasteiger partial charge is 0.137 e. The van der Waals surface area contributed by atoms with Gasteiger partial charge in [0, 0.05) is 17.4 Å². The molecule has 4 nitrogen and oxygen atoms in total. The van der Waals surface area contributed by atoms with Gasteiger partial charge in [0.25, 0.3) is 0 Å². The number of nitrogens with zero attached hydrogens (tertiary/aromatic N) is 1. The monoisotopic (exact) mass is 304 g/mol. The fourth-order valence-electron chi connectivity index (χ4n) is 2.25. The summed E-state index contributed by atoms with van der Waals surface area (Å²) in [6.07, 6.45) is 1.12. The van der Waals surface area contributed by atoms with Crippen LogP contribution in [0.15, 0.2) is 60.7 Å². The summed E-state index contributed by atoms with van der Waals surface area (Å²) in [5, 5.41) is 2.12. The third-order valence-electron chi connectivity index (χ3n) is 3.17. The fraction of sp³-hybridized carbons (Fsp3) is 0.250. The van der Waals surface area contributed by atoms with Crippen molar-refractivity contribution in [3.05, 3.63) is 76.5 Å². The number of nitrogens with two attached hydrogens (primary N) is 1. The van der Waals surface area contributed by atoms with Gasteiger partial charge in [-0.15, -0.1) is 0 Å². The molecule has 0 spiro atoms. The Balaban J connectivity index is 2.07. The van der Waals surface area contributed by atoms with Crippen LogP contribution < -0.4 is 5.32 Å². The molecule has 2 aromatic carbocycles. The minimum Gasteiger partial charge on any atom is -0.545 e. The van der Waals surface area contributed by atoms with E-state index in [9.17, 15) is 8.42 Å². The van der Waals surface area contributed by atoms with Crippen molar-refractivity contribution < 1.29 is 13.7 Å². The molecule has 2 N–H and O–H groups in total. The van der Waals surface area contributed by atoms with Crippen molar-refractivity contribution in [3.63, 3.8) is 0 Å². The second-order valence-corrected chi connectivity index (χ2v) is 6.63. The molecule has 0 atom stereocenters. The number of hydrogen-bond donors (Lipinski definition) is 1. The Morgan fingerprint density at radius 2 is 1.43 bits per heavy atom. The summed E-state index contributed by atoms with van der Waals surface area (Å²) in [6.45, 7) is 0.927. The molecule has 0 aliphatic carbocycles. The first kappa shape index (κ1) is 15.7. The lowest BCUT2D eigenvalue weighted by molar-refractivity contribution is -0.684. The van der Waals surface area contributed by atoms with Gasteiger partial charge >= 0.3 is 0 Å². The van der Waals surface area contributed by atoms with E-state index in [1.54, 1.807) is 0 Å². The van der Waals surface area contributed by atoms with Crippen LogP contribution in [0.5, 0.6) is 0 Å². The Hall–Kier alpha value is -1.69. The molecule has 2 rings (SSSR count). The van der Waals surface area contributed by atoms with Gasteiger partial charge in [-0.3, -0.25) is 0 Å². The predicted molar refractivity (Wildman–Crippen MR) is 84.6 cm³/mol. The lowest BCUT2D eigenvalue weighted by Crippen LogP contribution is -2.86. The topological polar surface area (TPSA) is 64.8 Å². The van der Waals surface area contributed by atoms with E-state index < -0.39 is 10.0 Å². The van der Waals surface area contributed by atoms with Crippen LogP contribution in [0.1, 0.15) is 17.2 Å². The van der Waals surface area contributed by atoms with Gasteiger partial charge in [0.15, 0.2) is 0 Å². The van der Waals surface area contributed by atoms with Crippen LogP contribution in [0, 0.1) is 0 Å².